The lowest BCUT2D eigenvalue weighted by molar-refractivity contribution is 0.116. The highest BCUT2D eigenvalue weighted by atomic mass is 32.2. The van der Waals surface area contributed by atoms with Gasteiger partial charge in [-0.2, -0.15) is 8.78 Å². The van der Waals surface area contributed by atoms with E-state index in [0.29, 0.717) is 17.8 Å². The Hall–Kier alpha value is -3.14. The molecule has 0 bridgehead atoms. The van der Waals surface area contributed by atoms with Gasteiger partial charge in [-0.1, -0.05) is 12.1 Å². The molecule has 3 aromatic rings. The third-order valence-corrected chi connectivity index (χ3v) is 5.39. The van der Waals surface area contributed by atoms with E-state index in [9.17, 15) is 13.0 Å². The standard InChI is InChI=1S/C20H21F2N5O2S/c1-12(23)16-10-15(8-9-17(16)24-2)27(30(3)28)11-13-4-6-14(7-5-13)19-25-26-20(29-19)18(21)22/h4-10,18,23-24H,11H2,1-3H3. The van der Waals surface area contributed by atoms with E-state index in [0.717, 1.165) is 22.5 Å². The molecule has 0 aliphatic heterocycles. The number of rotatable bonds is 8. The number of hydrogen-bond donors (Lipinski definition) is 2. The van der Waals surface area contributed by atoms with Crippen LogP contribution in [0.25, 0.3) is 11.5 Å². The van der Waals surface area contributed by atoms with Crippen molar-refractivity contribution in [3.8, 4) is 11.5 Å². The number of nitrogens with one attached hydrogen (secondary N) is 2. The van der Waals surface area contributed by atoms with Gasteiger partial charge in [0.2, 0.25) is 5.89 Å². The molecule has 0 saturated heterocycles. The lowest BCUT2D eigenvalue weighted by Crippen LogP contribution is -2.24. The van der Waals surface area contributed by atoms with Gasteiger partial charge in [-0.25, -0.2) is 4.21 Å². The minimum atomic E-state index is -2.82. The molecular formula is C20H21F2N5O2S. The van der Waals surface area contributed by atoms with E-state index in [-0.39, 0.29) is 5.89 Å². The van der Waals surface area contributed by atoms with Crippen molar-refractivity contribution in [1.82, 2.24) is 10.2 Å². The number of alkyl halides is 2. The fourth-order valence-corrected chi connectivity index (χ4v) is 3.65. The van der Waals surface area contributed by atoms with Gasteiger partial charge < -0.3 is 15.1 Å². The molecule has 0 amide bonds. The maximum absolute atomic E-state index is 12.6. The van der Waals surface area contributed by atoms with E-state index in [4.69, 9.17) is 9.83 Å². The number of nitrogens with zero attached hydrogens (tertiary/aromatic N) is 3. The van der Waals surface area contributed by atoms with Crippen LogP contribution in [0.4, 0.5) is 20.2 Å². The molecule has 158 valence electrons. The van der Waals surface area contributed by atoms with Crippen LogP contribution < -0.4 is 9.62 Å². The first-order valence-corrected chi connectivity index (χ1v) is 10.5. The summed E-state index contributed by atoms with van der Waals surface area (Å²) in [4.78, 5) is 0. The van der Waals surface area contributed by atoms with E-state index in [1.807, 2.05) is 18.2 Å². The Bertz CT molecular complexity index is 1070. The molecule has 1 atom stereocenters. The first kappa shape index (κ1) is 21.6. The van der Waals surface area contributed by atoms with Crippen LogP contribution in [0.15, 0.2) is 46.9 Å². The molecule has 30 heavy (non-hydrogen) atoms. The van der Waals surface area contributed by atoms with E-state index in [1.165, 1.54) is 0 Å². The van der Waals surface area contributed by atoms with Crippen LogP contribution in [0.3, 0.4) is 0 Å². The van der Waals surface area contributed by atoms with Crippen LogP contribution >= 0.6 is 0 Å². The molecule has 10 heteroatoms. The summed E-state index contributed by atoms with van der Waals surface area (Å²) >= 11 is 0. The van der Waals surface area contributed by atoms with Crippen molar-refractivity contribution in [3.63, 3.8) is 0 Å². The van der Waals surface area contributed by atoms with Gasteiger partial charge in [0.15, 0.2) is 0 Å². The quantitative estimate of drug-likeness (QED) is 0.513. The van der Waals surface area contributed by atoms with Gasteiger partial charge in [-0.05, 0) is 42.8 Å². The second-order valence-electron chi connectivity index (χ2n) is 6.51. The highest BCUT2D eigenvalue weighted by Crippen LogP contribution is 2.27. The number of benzene rings is 2. The monoisotopic (exact) mass is 433 g/mol. The van der Waals surface area contributed by atoms with Gasteiger partial charge in [0, 0.05) is 35.8 Å². The zero-order valence-corrected chi connectivity index (χ0v) is 17.5. The van der Waals surface area contributed by atoms with E-state index in [2.05, 4.69) is 15.5 Å². The zero-order chi connectivity index (χ0) is 21.8. The van der Waals surface area contributed by atoms with Gasteiger partial charge in [0.05, 0.1) is 12.2 Å². The molecule has 0 aliphatic rings. The molecule has 2 aromatic carbocycles. The lowest BCUT2D eigenvalue weighted by Gasteiger charge is -2.23. The van der Waals surface area contributed by atoms with E-state index < -0.39 is 23.3 Å². The Morgan fingerprint density at radius 2 is 1.93 bits per heavy atom. The smallest absolute Gasteiger partial charge is 0.314 e. The largest absolute Gasteiger partial charge is 0.415 e. The minimum absolute atomic E-state index is 0.0153. The molecule has 3 rings (SSSR count). The van der Waals surface area contributed by atoms with Crippen molar-refractivity contribution in [1.29, 1.82) is 5.41 Å². The maximum atomic E-state index is 12.6. The SMILES string of the molecule is CNc1ccc(N(Cc2ccc(-c3nnc(C(F)F)o3)cc2)S(C)=O)cc1C(C)=N. The molecule has 1 heterocycles. The molecular weight excluding hydrogens is 412 g/mol. The molecule has 0 spiro atoms. The normalized spacial score (nSPS) is 12.1. The third-order valence-electron chi connectivity index (χ3n) is 4.43. The Labute approximate surface area is 175 Å². The van der Waals surface area contributed by atoms with Gasteiger partial charge in [0.1, 0.15) is 11.0 Å². The summed E-state index contributed by atoms with van der Waals surface area (Å²) < 4.78 is 44.3. The van der Waals surface area contributed by atoms with E-state index >= 15 is 0 Å². The maximum Gasteiger partial charge on any atom is 0.314 e. The van der Waals surface area contributed by atoms with Gasteiger partial charge >= 0.3 is 6.43 Å². The summed E-state index contributed by atoms with van der Waals surface area (Å²) in [5.41, 5.74) is 4.04. The van der Waals surface area contributed by atoms with Crippen LogP contribution in [-0.4, -0.2) is 33.4 Å². The number of anilines is 2. The van der Waals surface area contributed by atoms with Gasteiger partial charge in [-0.15, -0.1) is 10.2 Å². The van der Waals surface area contributed by atoms with Crippen LogP contribution in [0.1, 0.15) is 30.4 Å². The lowest BCUT2D eigenvalue weighted by atomic mass is 10.1. The average Bonchev–Trinajstić information content (AvgIpc) is 3.22. The first-order chi connectivity index (χ1) is 14.3. The van der Waals surface area contributed by atoms with Crippen molar-refractivity contribution in [3.05, 3.63) is 59.5 Å². The van der Waals surface area contributed by atoms with Crippen molar-refractivity contribution in [2.75, 3.05) is 22.9 Å². The molecule has 0 radical (unpaired) electrons. The second-order valence-corrected chi connectivity index (χ2v) is 7.80. The highest BCUT2D eigenvalue weighted by Gasteiger charge is 2.18. The zero-order valence-electron chi connectivity index (χ0n) is 16.6. The number of aromatic nitrogens is 2. The topological polar surface area (TPSA) is 95.1 Å². The first-order valence-electron chi connectivity index (χ1n) is 8.99. The summed E-state index contributed by atoms with van der Waals surface area (Å²) in [7, 11) is 0.474. The molecule has 0 fully saturated rings. The molecule has 2 N–H and O–H groups in total. The summed E-state index contributed by atoms with van der Waals surface area (Å²) in [6.07, 6.45) is -1.23. The predicted octanol–water partition coefficient (Wildman–Crippen LogP) is 4.40. The Balaban J connectivity index is 1.84. The summed E-state index contributed by atoms with van der Waals surface area (Å²) in [5, 5.41) is 18.0. The highest BCUT2D eigenvalue weighted by molar-refractivity contribution is 7.85. The minimum Gasteiger partial charge on any atom is -0.415 e. The summed E-state index contributed by atoms with van der Waals surface area (Å²) in [5.74, 6) is -0.703. The molecule has 0 aliphatic carbocycles. The van der Waals surface area contributed by atoms with E-state index in [1.54, 1.807) is 48.8 Å². The van der Waals surface area contributed by atoms with Crippen molar-refractivity contribution in [2.24, 2.45) is 0 Å². The van der Waals surface area contributed by atoms with Gasteiger partial charge in [-0.3, -0.25) is 4.31 Å². The molecule has 7 nitrogen and oxygen atoms in total. The van der Waals surface area contributed by atoms with Crippen molar-refractivity contribution >= 4 is 28.1 Å². The van der Waals surface area contributed by atoms with Crippen LogP contribution in [0.5, 0.6) is 0 Å². The molecule has 1 unspecified atom stereocenters. The molecule has 0 saturated carbocycles. The second kappa shape index (κ2) is 9.12. The third kappa shape index (κ3) is 4.70. The van der Waals surface area contributed by atoms with Crippen molar-refractivity contribution < 1.29 is 17.4 Å². The summed E-state index contributed by atoms with van der Waals surface area (Å²) in [6.45, 7) is 2.05. The Kier molecular flexibility index (Phi) is 6.56. The Morgan fingerprint density at radius 1 is 1.23 bits per heavy atom. The average molecular weight is 433 g/mol. The fraction of sp³-hybridized carbons (Fsp3) is 0.250. The summed E-state index contributed by atoms with van der Waals surface area (Å²) in [6, 6.07) is 12.5. The van der Waals surface area contributed by atoms with Crippen molar-refractivity contribution in [2.45, 2.75) is 19.9 Å². The van der Waals surface area contributed by atoms with Crippen LogP contribution in [0.2, 0.25) is 0 Å². The Morgan fingerprint density at radius 3 is 2.47 bits per heavy atom. The number of hydrogen-bond acceptors (Lipinski definition) is 6. The fourth-order valence-electron chi connectivity index (χ4n) is 2.90. The number of halogens is 2. The molecule has 1 aromatic heterocycles. The van der Waals surface area contributed by atoms with Gasteiger partial charge in [0.25, 0.3) is 5.89 Å². The predicted molar refractivity (Wildman–Crippen MR) is 113 cm³/mol. The van der Waals surface area contributed by atoms with Crippen LogP contribution in [0, 0.1) is 5.41 Å². The van der Waals surface area contributed by atoms with Crippen LogP contribution in [-0.2, 0) is 17.5 Å².